The molecule has 0 heterocycles. The molecule has 52 valence electrons. The number of hydrogen-bond acceptors (Lipinski definition) is 1. The molecular formula is C8H15N. The smallest absolute Gasteiger partial charge is 0.00974 e. The van der Waals surface area contributed by atoms with Gasteiger partial charge in [-0.2, -0.15) is 0 Å². The van der Waals surface area contributed by atoms with E-state index in [1.54, 1.807) is 6.20 Å². The fraction of sp³-hybridized carbons (Fsp3) is 0.750. The Kier molecular flexibility index (Phi) is 1.79. The largest absolute Gasteiger partial charge is 0.405 e. The summed E-state index contributed by atoms with van der Waals surface area (Å²) in [6.07, 6.45) is 9.19. The van der Waals surface area contributed by atoms with Crippen molar-refractivity contribution in [3.8, 4) is 0 Å². The van der Waals surface area contributed by atoms with Crippen LogP contribution in [0.15, 0.2) is 12.3 Å². The van der Waals surface area contributed by atoms with Crippen LogP contribution in [0.2, 0.25) is 0 Å². The topological polar surface area (TPSA) is 26.0 Å². The van der Waals surface area contributed by atoms with Gasteiger partial charge in [0.2, 0.25) is 0 Å². The standard InChI is InChI=1S/C8H15N/c1-2-8(6-7-9)4-3-5-8/h6-7H,2-5,9H2,1H3/b7-6-. The lowest BCUT2D eigenvalue weighted by Crippen LogP contribution is -2.25. The first-order valence-corrected chi connectivity index (χ1v) is 3.72. The molecule has 0 aromatic carbocycles. The summed E-state index contributed by atoms with van der Waals surface area (Å²) < 4.78 is 0. The highest BCUT2D eigenvalue weighted by molar-refractivity contribution is 5.02. The van der Waals surface area contributed by atoms with Crippen molar-refractivity contribution in [2.45, 2.75) is 32.6 Å². The molecule has 0 aliphatic heterocycles. The molecule has 1 aliphatic rings. The molecule has 9 heavy (non-hydrogen) atoms. The third-order valence-corrected chi connectivity index (χ3v) is 2.50. The Morgan fingerprint density at radius 2 is 2.22 bits per heavy atom. The molecule has 0 unspecified atom stereocenters. The quantitative estimate of drug-likeness (QED) is 0.600. The minimum Gasteiger partial charge on any atom is -0.405 e. The Morgan fingerprint density at radius 3 is 2.33 bits per heavy atom. The maximum atomic E-state index is 5.32. The summed E-state index contributed by atoms with van der Waals surface area (Å²) in [5.41, 5.74) is 5.83. The van der Waals surface area contributed by atoms with Crippen LogP contribution in [0.25, 0.3) is 0 Å². The Morgan fingerprint density at radius 1 is 1.56 bits per heavy atom. The first-order chi connectivity index (χ1) is 4.33. The average Bonchev–Trinajstić information content (AvgIpc) is 1.79. The Labute approximate surface area is 56.9 Å². The van der Waals surface area contributed by atoms with Gasteiger partial charge in [0.1, 0.15) is 0 Å². The third-order valence-electron chi connectivity index (χ3n) is 2.50. The van der Waals surface area contributed by atoms with E-state index < -0.39 is 0 Å². The molecule has 1 heteroatoms. The minimum atomic E-state index is 0.509. The molecule has 1 aliphatic carbocycles. The molecule has 0 atom stereocenters. The lowest BCUT2D eigenvalue weighted by atomic mass is 9.67. The van der Waals surface area contributed by atoms with E-state index in [1.807, 2.05) is 0 Å². The number of nitrogens with two attached hydrogens (primary N) is 1. The van der Waals surface area contributed by atoms with Crippen LogP contribution in [0.3, 0.4) is 0 Å². The molecule has 1 rings (SSSR count). The van der Waals surface area contributed by atoms with E-state index in [9.17, 15) is 0 Å². The predicted molar refractivity (Wildman–Crippen MR) is 39.9 cm³/mol. The van der Waals surface area contributed by atoms with E-state index in [0.29, 0.717) is 5.41 Å². The van der Waals surface area contributed by atoms with Crippen molar-refractivity contribution in [1.82, 2.24) is 0 Å². The summed E-state index contributed by atoms with van der Waals surface area (Å²) in [7, 11) is 0. The van der Waals surface area contributed by atoms with Crippen LogP contribution >= 0.6 is 0 Å². The Balaban J connectivity index is 2.46. The van der Waals surface area contributed by atoms with Crippen molar-refractivity contribution in [3.05, 3.63) is 12.3 Å². The van der Waals surface area contributed by atoms with Crippen LogP contribution < -0.4 is 5.73 Å². The monoisotopic (exact) mass is 125 g/mol. The van der Waals surface area contributed by atoms with E-state index in [1.165, 1.54) is 25.7 Å². The van der Waals surface area contributed by atoms with Gasteiger partial charge < -0.3 is 5.73 Å². The van der Waals surface area contributed by atoms with Crippen molar-refractivity contribution in [1.29, 1.82) is 0 Å². The fourth-order valence-corrected chi connectivity index (χ4v) is 1.47. The second kappa shape index (κ2) is 2.42. The number of rotatable bonds is 2. The molecule has 0 radical (unpaired) electrons. The summed E-state index contributed by atoms with van der Waals surface area (Å²) in [4.78, 5) is 0. The van der Waals surface area contributed by atoms with Gasteiger partial charge in [0, 0.05) is 0 Å². The van der Waals surface area contributed by atoms with Crippen molar-refractivity contribution >= 4 is 0 Å². The third kappa shape index (κ3) is 1.09. The van der Waals surface area contributed by atoms with Gasteiger partial charge in [0.05, 0.1) is 0 Å². The van der Waals surface area contributed by atoms with E-state index in [2.05, 4.69) is 13.0 Å². The van der Waals surface area contributed by atoms with Gasteiger partial charge in [-0.3, -0.25) is 0 Å². The number of hydrogen-bond donors (Lipinski definition) is 1. The summed E-state index contributed by atoms with van der Waals surface area (Å²) >= 11 is 0. The molecule has 0 amide bonds. The van der Waals surface area contributed by atoms with Crippen LogP contribution in [-0.4, -0.2) is 0 Å². The lowest BCUT2D eigenvalue weighted by Gasteiger charge is -2.38. The van der Waals surface area contributed by atoms with E-state index in [0.717, 1.165) is 0 Å². The van der Waals surface area contributed by atoms with E-state index in [-0.39, 0.29) is 0 Å². The van der Waals surface area contributed by atoms with Crippen LogP contribution in [0, 0.1) is 5.41 Å². The summed E-state index contributed by atoms with van der Waals surface area (Å²) in [5, 5.41) is 0. The van der Waals surface area contributed by atoms with E-state index >= 15 is 0 Å². The first kappa shape index (κ1) is 6.66. The zero-order valence-corrected chi connectivity index (χ0v) is 6.06. The van der Waals surface area contributed by atoms with Gasteiger partial charge in [-0.1, -0.05) is 19.4 Å². The van der Waals surface area contributed by atoms with Crippen LogP contribution in [0.4, 0.5) is 0 Å². The van der Waals surface area contributed by atoms with Gasteiger partial charge in [-0.05, 0) is 30.9 Å². The van der Waals surface area contributed by atoms with Crippen molar-refractivity contribution in [3.63, 3.8) is 0 Å². The van der Waals surface area contributed by atoms with Crippen molar-refractivity contribution in [2.75, 3.05) is 0 Å². The van der Waals surface area contributed by atoms with Crippen molar-refractivity contribution < 1.29 is 0 Å². The molecule has 1 saturated carbocycles. The zero-order chi connectivity index (χ0) is 6.74. The normalized spacial score (nSPS) is 24.1. The first-order valence-electron chi connectivity index (χ1n) is 3.72. The minimum absolute atomic E-state index is 0.509. The molecule has 0 aromatic heterocycles. The predicted octanol–water partition coefficient (Wildman–Crippen LogP) is 2.04. The molecule has 0 bridgehead atoms. The fourth-order valence-electron chi connectivity index (χ4n) is 1.47. The highest BCUT2D eigenvalue weighted by Gasteiger charge is 2.31. The highest BCUT2D eigenvalue weighted by Crippen LogP contribution is 2.44. The molecule has 1 fully saturated rings. The van der Waals surface area contributed by atoms with Crippen LogP contribution in [0.5, 0.6) is 0 Å². The molecule has 1 nitrogen and oxygen atoms in total. The van der Waals surface area contributed by atoms with Gasteiger partial charge in [-0.15, -0.1) is 0 Å². The van der Waals surface area contributed by atoms with Gasteiger partial charge in [0.25, 0.3) is 0 Å². The molecular weight excluding hydrogens is 110 g/mol. The Hall–Kier alpha value is -0.460. The SMILES string of the molecule is CCC1(/C=C\N)CCC1. The van der Waals surface area contributed by atoms with Gasteiger partial charge >= 0.3 is 0 Å². The van der Waals surface area contributed by atoms with Gasteiger partial charge in [0.15, 0.2) is 0 Å². The summed E-state index contributed by atoms with van der Waals surface area (Å²) in [6.45, 7) is 2.24. The average molecular weight is 125 g/mol. The Bertz CT molecular complexity index is 106. The van der Waals surface area contributed by atoms with Crippen molar-refractivity contribution in [2.24, 2.45) is 11.1 Å². The second-order valence-electron chi connectivity index (χ2n) is 2.93. The van der Waals surface area contributed by atoms with Gasteiger partial charge in [-0.25, -0.2) is 0 Å². The summed E-state index contributed by atoms with van der Waals surface area (Å²) in [5.74, 6) is 0. The van der Waals surface area contributed by atoms with Crippen LogP contribution in [0.1, 0.15) is 32.6 Å². The van der Waals surface area contributed by atoms with Crippen LogP contribution in [-0.2, 0) is 0 Å². The second-order valence-corrected chi connectivity index (χ2v) is 2.93. The zero-order valence-electron chi connectivity index (χ0n) is 6.06. The maximum absolute atomic E-state index is 5.32. The molecule has 0 spiro atoms. The molecule has 0 aromatic rings. The maximum Gasteiger partial charge on any atom is -0.00974 e. The molecule has 0 saturated heterocycles. The number of allylic oxidation sites excluding steroid dienone is 1. The lowest BCUT2D eigenvalue weighted by molar-refractivity contribution is 0.196. The highest BCUT2D eigenvalue weighted by atomic mass is 14.5. The van der Waals surface area contributed by atoms with E-state index in [4.69, 9.17) is 5.73 Å². The molecule has 2 N–H and O–H groups in total. The summed E-state index contributed by atoms with van der Waals surface area (Å²) in [6, 6.07) is 0.